The summed E-state index contributed by atoms with van der Waals surface area (Å²) < 4.78 is 4.85. The van der Waals surface area contributed by atoms with Crippen molar-refractivity contribution in [3.63, 3.8) is 0 Å². The summed E-state index contributed by atoms with van der Waals surface area (Å²) in [6.07, 6.45) is 1.04. The Morgan fingerprint density at radius 1 is 1.55 bits per heavy atom. The van der Waals surface area contributed by atoms with Gasteiger partial charge in [0.05, 0.1) is 6.61 Å². The third-order valence-corrected chi connectivity index (χ3v) is 2.51. The van der Waals surface area contributed by atoms with Gasteiger partial charge in [-0.15, -0.1) is 0 Å². The summed E-state index contributed by atoms with van der Waals surface area (Å²) in [7, 11) is 0. The molecule has 1 heterocycles. The fraction of sp³-hybridized carbons (Fsp3) is 0.545. The normalized spacial score (nSPS) is 12.0. The summed E-state index contributed by atoms with van der Waals surface area (Å²) in [6, 6.07) is -0.890. The van der Waals surface area contributed by atoms with Crippen LogP contribution in [0, 0.1) is 16.0 Å². The molecule has 1 atom stereocenters. The summed E-state index contributed by atoms with van der Waals surface area (Å²) in [6.45, 7) is 5.28. The maximum absolute atomic E-state index is 11.9. The Balaban J connectivity index is 2.88. The Morgan fingerprint density at radius 3 is 2.70 bits per heavy atom. The molecule has 9 heteroatoms. The number of nitrogens with zero attached hydrogens (tertiary/aromatic N) is 2. The molecular weight excluding hydrogens is 268 g/mol. The second kappa shape index (κ2) is 6.64. The molecule has 0 fully saturated rings. The zero-order valence-corrected chi connectivity index (χ0v) is 11.4. The summed E-state index contributed by atoms with van der Waals surface area (Å²) in [4.78, 5) is 39.5. The van der Waals surface area contributed by atoms with Gasteiger partial charge in [-0.1, -0.05) is 13.8 Å². The van der Waals surface area contributed by atoms with E-state index in [0.29, 0.717) is 0 Å². The first-order valence-corrected chi connectivity index (χ1v) is 6.03. The number of hydrogen-bond donors (Lipinski definition) is 2. The predicted octanol–water partition coefficient (Wildman–Crippen LogP) is 0.635. The number of H-pyrrole nitrogens is 1. The molecule has 9 nitrogen and oxygen atoms in total. The standard InChI is InChI=1S/C11H16N4O5/c1-4-20-11(17)7(6(2)3)14-10(16)8-9(15(18)19)13-5-12-8/h5-7H,4H2,1-3H3,(H,12,13)(H,14,16). The van der Waals surface area contributed by atoms with Gasteiger partial charge in [-0.2, -0.15) is 0 Å². The summed E-state index contributed by atoms with van der Waals surface area (Å²) in [5.41, 5.74) is -0.370. The minimum absolute atomic E-state index is 0.181. The SMILES string of the molecule is CCOC(=O)C(NC(=O)c1nc[nH]c1[N+](=O)[O-])C(C)C. The quantitative estimate of drug-likeness (QED) is 0.448. The number of aromatic amines is 1. The molecule has 0 saturated carbocycles. The Labute approximate surface area is 114 Å². The highest BCUT2D eigenvalue weighted by atomic mass is 16.6. The number of ether oxygens (including phenoxy) is 1. The van der Waals surface area contributed by atoms with Gasteiger partial charge in [-0.05, 0) is 17.8 Å². The fourth-order valence-corrected chi connectivity index (χ4v) is 1.53. The highest BCUT2D eigenvalue weighted by Crippen LogP contribution is 2.13. The van der Waals surface area contributed by atoms with E-state index < -0.39 is 28.7 Å². The molecule has 0 aliphatic carbocycles. The van der Waals surface area contributed by atoms with Gasteiger partial charge in [-0.3, -0.25) is 4.79 Å². The van der Waals surface area contributed by atoms with Crippen LogP contribution in [0.4, 0.5) is 5.82 Å². The molecule has 1 rings (SSSR count). The molecule has 1 aromatic rings. The first-order valence-electron chi connectivity index (χ1n) is 6.03. The first-order chi connectivity index (χ1) is 9.38. The van der Waals surface area contributed by atoms with Crippen LogP contribution in [0.25, 0.3) is 0 Å². The van der Waals surface area contributed by atoms with Crippen molar-refractivity contribution in [2.75, 3.05) is 6.61 Å². The Morgan fingerprint density at radius 2 is 2.20 bits per heavy atom. The zero-order chi connectivity index (χ0) is 15.3. The Kier molecular flexibility index (Phi) is 5.18. The van der Waals surface area contributed by atoms with E-state index in [0.717, 1.165) is 6.33 Å². The fourth-order valence-electron chi connectivity index (χ4n) is 1.53. The number of nitro groups is 1. The minimum atomic E-state index is -0.890. The van der Waals surface area contributed by atoms with Gasteiger partial charge >= 0.3 is 11.8 Å². The van der Waals surface area contributed by atoms with Crippen LogP contribution in [-0.2, 0) is 9.53 Å². The molecular formula is C11H16N4O5. The lowest BCUT2D eigenvalue weighted by Crippen LogP contribution is -2.45. The molecule has 0 bridgehead atoms. The largest absolute Gasteiger partial charge is 0.464 e. The molecule has 20 heavy (non-hydrogen) atoms. The van der Waals surface area contributed by atoms with Gasteiger partial charge in [-0.25, -0.2) is 14.8 Å². The van der Waals surface area contributed by atoms with Crippen molar-refractivity contribution in [1.29, 1.82) is 0 Å². The van der Waals surface area contributed by atoms with Crippen LogP contribution >= 0.6 is 0 Å². The average molecular weight is 284 g/mol. The van der Waals surface area contributed by atoms with Crippen molar-refractivity contribution in [3.05, 3.63) is 22.1 Å². The highest BCUT2D eigenvalue weighted by molar-refractivity contribution is 5.97. The molecule has 0 spiro atoms. The van der Waals surface area contributed by atoms with Gasteiger partial charge in [0, 0.05) is 0 Å². The van der Waals surface area contributed by atoms with Crippen LogP contribution in [-0.4, -0.2) is 39.4 Å². The smallest absolute Gasteiger partial charge is 0.353 e. The number of amides is 1. The van der Waals surface area contributed by atoms with Crippen molar-refractivity contribution < 1.29 is 19.2 Å². The molecule has 110 valence electrons. The van der Waals surface area contributed by atoms with Crippen LogP contribution in [0.15, 0.2) is 6.33 Å². The number of hydrogen-bond acceptors (Lipinski definition) is 6. The zero-order valence-electron chi connectivity index (χ0n) is 11.4. The van der Waals surface area contributed by atoms with E-state index in [2.05, 4.69) is 15.3 Å². The monoisotopic (exact) mass is 284 g/mol. The van der Waals surface area contributed by atoms with E-state index in [4.69, 9.17) is 4.74 Å². The molecule has 0 aliphatic rings. The lowest BCUT2D eigenvalue weighted by molar-refractivity contribution is -0.389. The van der Waals surface area contributed by atoms with Gasteiger partial charge in [0.2, 0.25) is 5.69 Å². The molecule has 0 radical (unpaired) electrons. The summed E-state index contributed by atoms with van der Waals surface area (Å²) >= 11 is 0. The molecule has 0 aliphatic heterocycles. The maximum atomic E-state index is 11.9. The van der Waals surface area contributed by atoms with Crippen LogP contribution in [0.3, 0.4) is 0 Å². The second-order valence-corrected chi connectivity index (χ2v) is 4.30. The summed E-state index contributed by atoms with van der Waals surface area (Å²) in [5.74, 6) is -2.14. The average Bonchev–Trinajstić information content (AvgIpc) is 2.84. The van der Waals surface area contributed by atoms with Crippen molar-refractivity contribution in [2.24, 2.45) is 5.92 Å². The maximum Gasteiger partial charge on any atom is 0.353 e. The lowest BCUT2D eigenvalue weighted by Gasteiger charge is -2.19. The Hall–Kier alpha value is -2.45. The lowest BCUT2D eigenvalue weighted by atomic mass is 10.0. The van der Waals surface area contributed by atoms with Crippen LogP contribution in [0.1, 0.15) is 31.3 Å². The number of rotatable bonds is 6. The number of aromatic nitrogens is 2. The molecule has 1 amide bonds. The van der Waals surface area contributed by atoms with Crippen LogP contribution < -0.4 is 5.32 Å². The number of imidazole rings is 1. The van der Waals surface area contributed by atoms with Crippen molar-refractivity contribution in [3.8, 4) is 0 Å². The number of nitrogens with one attached hydrogen (secondary N) is 2. The Bertz CT molecular complexity index is 511. The van der Waals surface area contributed by atoms with Crippen molar-refractivity contribution in [1.82, 2.24) is 15.3 Å². The van der Waals surface area contributed by atoms with Gasteiger partial charge in [0.1, 0.15) is 6.04 Å². The van der Waals surface area contributed by atoms with Gasteiger partial charge < -0.3 is 20.2 Å². The highest BCUT2D eigenvalue weighted by Gasteiger charge is 2.30. The summed E-state index contributed by atoms with van der Waals surface area (Å²) in [5, 5.41) is 13.1. The molecule has 2 N–H and O–H groups in total. The van der Waals surface area contributed by atoms with Crippen molar-refractivity contribution in [2.45, 2.75) is 26.8 Å². The minimum Gasteiger partial charge on any atom is -0.464 e. The molecule has 1 unspecified atom stereocenters. The van der Waals surface area contributed by atoms with Gasteiger partial charge in [0.25, 0.3) is 5.91 Å². The predicted molar refractivity (Wildman–Crippen MR) is 68.0 cm³/mol. The first kappa shape index (κ1) is 15.6. The van der Waals surface area contributed by atoms with E-state index >= 15 is 0 Å². The van der Waals surface area contributed by atoms with E-state index in [9.17, 15) is 19.7 Å². The van der Waals surface area contributed by atoms with Crippen molar-refractivity contribution >= 4 is 17.7 Å². The molecule has 1 aromatic heterocycles. The number of carbonyl (C=O) groups is 2. The van der Waals surface area contributed by atoms with E-state index in [1.807, 2.05) is 0 Å². The topological polar surface area (TPSA) is 127 Å². The molecule has 0 saturated heterocycles. The molecule has 0 aromatic carbocycles. The number of esters is 1. The van der Waals surface area contributed by atoms with E-state index in [-0.39, 0.29) is 18.2 Å². The number of carbonyl (C=O) groups excluding carboxylic acids is 2. The third-order valence-electron chi connectivity index (χ3n) is 2.51. The third kappa shape index (κ3) is 3.53. The van der Waals surface area contributed by atoms with E-state index in [1.54, 1.807) is 20.8 Å². The van der Waals surface area contributed by atoms with E-state index in [1.165, 1.54) is 0 Å². The van der Waals surface area contributed by atoms with Crippen LogP contribution in [0.2, 0.25) is 0 Å². The van der Waals surface area contributed by atoms with Crippen LogP contribution in [0.5, 0.6) is 0 Å². The second-order valence-electron chi connectivity index (χ2n) is 4.30. The van der Waals surface area contributed by atoms with Gasteiger partial charge in [0.15, 0.2) is 6.33 Å².